The van der Waals surface area contributed by atoms with Crippen LogP contribution in [0.25, 0.3) is 0 Å². The summed E-state index contributed by atoms with van der Waals surface area (Å²) in [7, 11) is 0. The van der Waals surface area contributed by atoms with Crippen molar-refractivity contribution >= 4 is 21.8 Å². The molecule has 0 fully saturated rings. The standard InChI is InChI=1S/C13H18BrNO/c1-3-11(2)15(13(16)9-14)10-12-7-5-4-6-8-12/h4-8,11H,3,9-10H2,1-2H3. The van der Waals surface area contributed by atoms with Gasteiger partial charge in [0.05, 0.1) is 5.33 Å². The first-order chi connectivity index (χ1) is 7.69. The Bertz CT molecular complexity index is 326. The van der Waals surface area contributed by atoms with Gasteiger partial charge in [0, 0.05) is 12.6 Å². The molecule has 0 aliphatic heterocycles. The van der Waals surface area contributed by atoms with Gasteiger partial charge >= 0.3 is 0 Å². The molecule has 2 nitrogen and oxygen atoms in total. The molecule has 1 unspecified atom stereocenters. The molecule has 1 aromatic carbocycles. The number of benzene rings is 1. The van der Waals surface area contributed by atoms with E-state index in [4.69, 9.17) is 0 Å². The predicted molar refractivity (Wildman–Crippen MR) is 70.5 cm³/mol. The zero-order valence-electron chi connectivity index (χ0n) is 9.82. The maximum atomic E-state index is 11.8. The number of hydrogen-bond acceptors (Lipinski definition) is 1. The highest BCUT2D eigenvalue weighted by atomic mass is 79.9. The molecule has 1 amide bonds. The highest BCUT2D eigenvalue weighted by molar-refractivity contribution is 9.09. The summed E-state index contributed by atoms with van der Waals surface area (Å²) in [6.45, 7) is 4.88. The Labute approximate surface area is 106 Å². The summed E-state index contributed by atoms with van der Waals surface area (Å²) in [5, 5.41) is 0.393. The molecule has 0 spiro atoms. The van der Waals surface area contributed by atoms with E-state index in [2.05, 4.69) is 41.9 Å². The van der Waals surface area contributed by atoms with Crippen LogP contribution in [-0.2, 0) is 11.3 Å². The number of rotatable bonds is 5. The average Bonchev–Trinajstić information content (AvgIpc) is 2.35. The Morgan fingerprint density at radius 3 is 2.50 bits per heavy atom. The lowest BCUT2D eigenvalue weighted by Crippen LogP contribution is -2.38. The molecule has 0 aliphatic rings. The fourth-order valence-corrected chi connectivity index (χ4v) is 1.89. The minimum Gasteiger partial charge on any atom is -0.335 e. The highest BCUT2D eigenvalue weighted by Gasteiger charge is 2.17. The summed E-state index contributed by atoms with van der Waals surface area (Å²) in [6, 6.07) is 10.4. The quantitative estimate of drug-likeness (QED) is 0.760. The van der Waals surface area contributed by atoms with Gasteiger partial charge in [0.1, 0.15) is 0 Å². The summed E-state index contributed by atoms with van der Waals surface area (Å²) in [5.41, 5.74) is 1.18. The van der Waals surface area contributed by atoms with Crippen molar-refractivity contribution in [2.24, 2.45) is 0 Å². The van der Waals surface area contributed by atoms with Crippen LogP contribution in [0.15, 0.2) is 30.3 Å². The summed E-state index contributed by atoms with van der Waals surface area (Å²) >= 11 is 3.24. The lowest BCUT2D eigenvalue weighted by atomic mass is 10.1. The van der Waals surface area contributed by atoms with E-state index in [1.807, 2.05) is 23.1 Å². The second-order valence-corrected chi connectivity index (χ2v) is 4.46. The molecule has 0 saturated heterocycles. The smallest absolute Gasteiger partial charge is 0.233 e. The van der Waals surface area contributed by atoms with Gasteiger partial charge < -0.3 is 4.90 Å². The van der Waals surface area contributed by atoms with Crippen molar-refractivity contribution < 1.29 is 4.79 Å². The third-order valence-electron chi connectivity index (χ3n) is 2.75. The van der Waals surface area contributed by atoms with Crippen molar-refractivity contribution in [1.29, 1.82) is 0 Å². The lowest BCUT2D eigenvalue weighted by molar-refractivity contribution is -0.131. The van der Waals surface area contributed by atoms with Gasteiger partial charge in [-0.05, 0) is 18.9 Å². The van der Waals surface area contributed by atoms with Crippen LogP contribution in [0.4, 0.5) is 0 Å². The molecule has 0 heterocycles. The number of nitrogens with zero attached hydrogens (tertiary/aromatic N) is 1. The second kappa shape index (κ2) is 6.69. The van der Waals surface area contributed by atoms with Gasteiger partial charge in [0.2, 0.25) is 5.91 Å². The van der Waals surface area contributed by atoms with Gasteiger partial charge in [0.25, 0.3) is 0 Å². The summed E-state index contributed by atoms with van der Waals surface area (Å²) < 4.78 is 0. The number of halogens is 1. The minimum absolute atomic E-state index is 0.151. The van der Waals surface area contributed by atoms with Crippen LogP contribution < -0.4 is 0 Å². The van der Waals surface area contributed by atoms with E-state index in [0.29, 0.717) is 11.9 Å². The number of hydrogen-bond donors (Lipinski definition) is 0. The van der Waals surface area contributed by atoms with E-state index in [1.54, 1.807) is 0 Å². The van der Waals surface area contributed by atoms with Crippen LogP contribution in [0.3, 0.4) is 0 Å². The molecule has 1 aromatic rings. The number of alkyl halides is 1. The first-order valence-corrected chi connectivity index (χ1v) is 6.70. The van der Waals surface area contributed by atoms with Crippen LogP contribution in [-0.4, -0.2) is 22.2 Å². The minimum atomic E-state index is 0.151. The largest absolute Gasteiger partial charge is 0.335 e. The van der Waals surface area contributed by atoms with Crippen molar-refractivity contribution in [2.45, 2.75) is 32.9 Å². The third-order valence-corrected chi connectivity index (χ3v) is 3.23. The molecule has 3 heteroatoms. The maximum Gasteiger partial charge on any atom is 0.233 e. The fraction of sp³-hybridized carbons (Fsp3) is 0.462. The van der Waals surface area contributed by atoms with Gasteiger partial charge in [0.15, 0.2) is 0 Å². The molecule has 16 heavy (non-hydrogen) atoms. The summed E-state index contributed by atoms with van der Waals surface area (Å²) in [4.78, 5) is 13.7. The fourth-order valence-electron chi connectivity index (χ4n) is 1.57. The first-order valence-electron chi connectivity index (χ1n) is 5.58. The Morgan fingerprint density at radius 2 is 2.00 bits per heavy atom. The first kappa shape index (κ1) is 13.2. The molecular formula is C13H18BrNO. The van der Waals surface area contributed by atoms with Crippen molar-refractivity contribution in [2.75, 3.05) is 5.33 Å². The van der Waals surface area contributed by atoms with Crippen molar-refractivity contribution in [3.05, 3.63) is 35.9 Å². The number of carbonyl (C=O) groups is 1. The monoisotopic (exact) mass is 283 g/mol. The van der Waals surface area contributed by atoms with Crippen molar-refractivity contribution in [3.63, 3.8) is 0 Å². The van der Waals surface area contributed by atoms with Crippen molar-refractivity contribution in [3.8, 4) is 0 Å². The Hall–Kier alpha value is -0.830. The lowest BCUT2D eigenvalue weighted by Gasteiger charge is -2.28. The van der Waals surface area contributed by atoms with E-state index >= 15 is 0 Å². The molecular weight excluding hydrogens is 266 g/mol. The van der Waals surface area contributed by atoms with Gasteiger partial charge in [-0.15, -0.1) is 0 Å². The molecule has 0 aliphatic carbocycles. The topological polar surface area (TPSA) is 20.3 Å². The Balaban J connectivity index is 2.75. The molecule has 0 bridgehead atoms. The van der Waals surface area contributed by atoms with E-state index in [-0.39, 0.29) is 11.9 Å². The van der Waals surface area contributed by atoms with E-state index in [0.717, 1.165) is 6.42 Å². The highest BCUT2D eigenvalue weighted by Crippen LogP contribution is 2.11. The van der Waals surface area contributed by atoms with E-state index in [1.165, 1.54) is 5.56 Å². The van der Waals surface area contributed by atoms with Gasteiger partial charge in [-0.1, -0.05) is 53.2 Å². The van der Waals surface area contributed by atoms with Crippen LogP contribution in [0.5, 0.6) is 0 Å². The molecule has 0 saturated carbocycles. The third kappa shape index (κ3) is 3.63. The van der Waals surface area contributed by atoms with Crippen molar-refractivity contribution in [1.82, 2.24) is 4.90 Å². The predicted octanol–water partition coefficient (Wildman–Crippen LogP) is 3.21. The SMILES string of the molecule is CCC(C)N(Cc1ccccc1)C(=O)CBr. The van der Waals surface area contributed by atoms with Gasteiger partial charge in [-0.3, -0.25) is 4.79 Å². The van der Waals surface area contributed by atoms with Crippen LogP contribution in [0.2, 0.25) is 0 Å². The number of carbonyl (C=O) groups excluding carboxylic acids is 1. The molecule has 1 atom stereocenters. The van der Waals surface area contributed by atoms with Crippen LogP contribution in [0, 0.1) is 0 Å². The van der Waals surface area contributed by atoms with Gasteiger partial charge in [-0.25, -0.2) is 0 Å². The normalized spacial score (nSPS) is 12.2. The summed E-state index contributed by atoms with van der Waals surface area (Å²) in [5.74, 6) is 0.151. The molecule has 0 radical (unpaired) electrons. The van der Waals surface area contributed by atoms with Gasteiger partial charge in [-0.2, -0.15) is 0 Å². The molecule has 88 valence electrons. The molecule has 1 rings (SSSR count). The van der Waals surface area contributed by atoms with E-state index < -0.39 is 0 Å². The zero-order chi connectivity index (χ0) is 12.0. The second-order valence-electron chi connectivity index (χ2n) is 3.90. The molecule has 0 N–H and O–H groups in total. The van der Waals surface area contributed by atoms with Crippen LogP contribution >= 0.6 is 15.9 Å². The molecule has 0 aromatic heterocycles. The maximum absolute atomic E-state index is 11.8. The Kier molecular flexibility index (Phi) is 5.53. The summed E-state index contributed by atoms with van der Waals surface area (Å²) in [6.07, 6.45) is 0.978. The zero-order valence-corrected chi connectivity index (χ0v) is 11.4. The Morgan fingerprint density at radius 1 is 1.38 bits per heavy atom. The number of amides is 1. The van der Waals surface area contributed by atoms with E-state index in [9.17, 15) is 4.79 Å². The van der Waals surface area contributed by atoms with Crippen LogP contribution in [0.1, 0.15) is 25.8 Å². The average molecular weight is 284 g/mol.